The van der Waals surface area contributed by atoms with Crippen LogP contribution in [0.3, 0.4) is 0 Å². The Labute approximate surface area is 182 Å². The highest BCUT2D eigenvalue weighted by molar-refractivity contribution is 6.42. The van der Waals surface area contributed by atoms with Crippen LogP contribution < -0.4 is 10.4 Å². The second kappa shape index (κ2) is 7.17. The molecule has 0 atom stereocenters. The topological polar surface area (TPSA) is 49.4 Å². The number of hydrazine groups is 1. The van der Waals surface area contributed by atoms with Gasteiger partial charge in [-0.1, -0.05) is 71.7 Å². The van der Waals surface area contributed by atoms with Crippen molar-refractivity contribution in [3.05, 3.63) is 94.0 Å². The van der Waals surface area contributed by atoms with Crippen LogP contribution in [0, 0.1) is 0 Å². The lowest BCUT2D eigenvalue weighted by atomic mass is 9.95. The zero-order valence-corrected chi connectivity index (χ0v) is 17.0. The van der Waals surface area contributed by atoms with Crippen molar-refractivity contribution in [3.63, 3.8) is 0 Å². The first kappa shape index (κ1) is 18.7. The average Bonchev–Trinajstić information content (AvgIpc) is 3.03. The average molecular weight is 433 g/mol. The van der Waals surface area contributed by atoms with E-state index < -0.39 is 11.8 Å². The Bertz CT molecular complexity index is 1340. The van der Waals surface area contributed by atoms with E-state index in [9.17, 15) is 9.59 Å². The van der Waals surface area contributed by atoms with Crippen molar-refractivity contribution in [2.24, 2.45) is 0 Å². The van der Waals surface area contributed by atoms with Crippen LogP contribution in [0.2, 0.25) is 10.0 Å². The molecule has 0 bridgehead atoms. The second-order valence-electron chi connectivity index (χ2n) is 6.97. The van der Waals surface area contributed by atoms with Gasteiger partial charge in [0.2, 0.25) is 0 Å². The first-order valence-corrected chi connectivity index (χ1v) is 10.0. The molecule has 0 saturated carbocycles. The number of amides is 2. The van der Waals surface area contributed by atoms with Gasteiger partial charge >= 0.3 is 0 Å². The normalized spacial score (nSPS) is 15.4. The van der Waals surface area contributed by atoms with E-state index in [1.807, 2.05) is 48.5 Å². The predicted molar refractivity (Wildman–Crippen MR) is 122 cm³/mol. The largest absolute Gasteiger partial charge is 0.282 e. The fourth-order valence-corrected chi connectivity index (χ4v) is 4.00. The number of hydrogen-bond acceptors (Lipinski definition) is 2. The predicted octanol–water partition coefficient (Wildman–Crippen LogP) is 5.76. The van der Waals surface area contributed by atoms with Crippen molar-refractivity contribution in [2.75, 3.05) is 5.01 Å². The third-order valence-corrected chi connectivity index (χ3v) is 5.89. The molecular weight excluding hydrogens is 419 g/mol. The Morgan fingerprint density at radius 1 is 0.767 bits per heavy atom. The summed E-state index contributed by atoms with van der Waals surface area (Å²) in [4.78, 5) is 25.8. The molecule has 146 valence electrons. The molecule has 30 heavy (non-hydrogen) atoms. The summed E-state index contributed by atoms with van der Waals surface area (Å²) in [6.45, 7) is 0. The van der Waals surface area contributed by atoms with E-state index in [0.29, 0.717) is 15.7 Å². The van der Waals surface area contributed by atoms with E-state index in [4.69, 9.17) is 23.2 Å². The van der Waals surface area contributed by atoms with E-state index >= 15 is 0 Å². The smallest absolute Gasteiger partial charge is 0.267 e. The monoisotopic (exact) mass is 432 g/mol. The lowest BCUT2D eigenvalue weighted by molar-refractivity contribution is -0.117. The molecule has 6 heteroatoms. The summed E-state index contributed by atoms with van der Waals surface area (Å²) in [5.74, 6) is -0.918. The van der Waals surface area contributed by atoms with Gasteiger partial charge in [0.05, 0.1) is 15.7 Å². The number of fused-ring (bicyclic) bond motifs is 2. The summed E-state index contributed by atoms with van der Waals surface area (Å²) in [6, 6.07) is 22.7. The standard InChI is InChI=1S/C24H14Cl2N2O2/c25-21-10-9-16(12-22(21)26)28-24(30)20(23(29)27-28)13-19-17-7-3-1-5-14(17)11-15-6-2-4-8-18(15)19/h1-13H,(H,27,29)/b20-13+. The molecule has 1 saturated heterocycles. The van der Waals surface area contributed by atoms with E-state index in [1.54, 1.807) is 24.3 Å². The summed E-state index contributed by atoms with van der Waals surface area (Å²) >= 11 is 12.0. The summed E-state index contributed by atoms with van der Waals surface area (Å²) in [7, 11) is 0. The highest BCUT2D eigenvalue weighted by Crippen LogP contribution is 2.33. The van der Waals surface area contributed by atoms with Crippen molar-refractivity contribution in [3.8, 4) is 0 Å². The minimum absolute atomic E-state index is 0.0579. The Kier molecular flexibility index (Phi) is 4.46. The summed E-state index contributed by atoms with van der Waals surface area (Å²) < 4.78 is 0. The Morgan fingerprint density at radius 3 is 2.03 bits per heavy atom. The number of nitrogens with zero attached hydrogens (tertiary/aromatic N) is 1. The molecule has 0 unspecified atom stereocenters. The number of anilines is 1. The minimum Gasteiger partial charge on any atom is -0.267 e. The van der Waals surface area contributed by atoms with Gasteiger partial charge in [0, 0.05) is 0 Å². The number of rotatable bonds is 2. The van der Waals surface area contributed by atoms with Gasteiger partial charge in [-0.2, -0.15) is 0 Å². The first-order valence-electron chi connectivity index (χ1n) is 9.25. The van der Waals surface area contributed by atoms with Gasteiger partial charge < -0.3 is 0 Å². The van der Waals surface area contributed by atoms with Crippen molar-refractivity contribution < 1.29 is 9.59 Å². The number of hydrogen-bond donors (Lipinski definition) is 1. The SMILES string of the molecule is O=C1NN(c2ccc(Cl)c(Cl)c2)C(=O)/C1=C/c1c2ccccc2cc2ccccc12. The highest BCUT2D eigenvalue weighted by Gasteiger charge is 2.35. The fourth-order valence-electron chi connectivity index (χ4n) is 3.71. The molecule has 0 aliphatic carbocycles. The Balaban J connectivity index is 1.67. The Hall–Kier alpha value is -3.34. The zero-order chi connectivity index (χ0) is 20.8. The molecule has 2 amide bonds. The number of nitrogens with one attached hydrogen (secondary N) is 1. The maximum absolute atomic E-state index is 13.1. The summed E-state index contributed by atoms with van der Waals surface area (Å²) in [6.07, 6.45) is 1.67. The highest BCUT2D eigenvalue weighted by atomic mass is 35.5. The van der Waals surface area contributed by atoms with Crippen LogP contribution in [0.25, 0.3) is 27.6 Å². The maximum Gasteiger partial charge on any atom is 0.282 e. The van der Waals surface area contributed by atoms with Gasteiger partial charge in [-0.25, -0.2) is 5.01 Å². The fraction of sp³-hybridized carbons (Fsp3) is 0. The molecule has 1 N–H and O–H groups in total. The zero-order valence-electron chi connectivity index (χ0n) is 15.5. The van der Waals surface area contributed by atoms with Crippen molar-refractivity contribution >= 4 is 68.3 Å². The quantitative estimate of drug-likeness (QED) is 0.248. The molecule has 0 radical (unpaired) electrons. The van der Waals surface area contributed by atoms with Gasteiger partial charge in [-0.15, -0.1) is 0 Å². The number of halogens is 2. The maximum atomic E-state index is 13.1. The van der Waals surface area contributed by atoms with Gasteiger partial charge in [0.1, 0.15) is 5.57 Å². The molecular formula is C24H14Cl2N2O2. The van der Waals surface area contributed by atoms with Crippen molar-refractivity contribution in [2.45, 2.75) is 0 Å². The van der Waals surface area contributed by atoms with Crippen LogP contribution in [-0.2, 0) is 9.59 Å². The van der Waals surface area contributed by atoms with E-state index in [2.05, 4.69) is 11.5 Å². The first-order chi connectivity index (χ1) is 14.5. The molecule has 1 aliphatic rings. The summed E-state index contributed by atoms with van der Waals surface area (Å²) in [5.41, 5.74) is 3.94. The number of carbonyl (C=O) groups excluding carboxylic acids is 2. The molecule has 4 aromatic rings. The molecule has 1 fully saturated rings. The second-order valence-corrected chi connectivity index (χ2v) is 7.78. The van der Waals surface area contributed by atoms with Gasteiger partial charge in [-0.3, -0.25) is 15.0 Å². The van der Waals surface area contributed by atoms with Crippen LogP contribution >= 0.6 is 23.2 Å². The van der Waals surface area contributed by atoms with Crippen LogP contribution in [-0.4, -0.2) is 11.8 Å². The van der Waals surface area contributed by atoms with Gasteiger partial charge in [-0.05, 0) is 57.4 Å². The molecule has 5 rings (SSSR count). The van der Waals surface area contributed by atoms with Gasteiger partial charge in [0.15, 0.2) is 0 Å². The molecule has 4 aromatic carbocycles. The van der Waals surface area contributed by atoms with E-state index in [1.165, 1.54) is 5.01 Å². The molecule has 0 aromatic heterocycles. The van der Waals surface area contributed by atoms with Gasteiger partial charge in [0.25, 0.3) is 11.8 Å². The van der Waals surface area contributed by atoms with E-state index in [-0.39, 0.29) is 5.57 Å². The van der Waals surface area contributed by atoms with E-state index in [0.717, 1.165) is 27.1 Å². The lowest BCUT2D eigenvalue weighted by Crippen LogP contribution is -2.35. The third kappa shape index (κ3) is 3.02. The number of carbonyl (C=O) groups is 2. The third-order valence-electron chi connectivity index (χ3n) is 5.15. The number of benzene rings is 4. The molecule has 1 aliphatic heterocycles. The van der Waals surface area contributed by atoms with Crippen LogP contribution in [0.15, 0.2) is 78.4 Å². The van der Waals surface area contributed by atoms with Crippen LogP contribution in [0.4, 0.5) is 5.69 Å². The van der Waals surface area contributed by atoms with Crippen LogP contribution in [0.5, 0.6) is 0 Å². The summed E-state index contributed by atoms with van der Waals surface area (Å²) in [5, 5.41) is 5.87. The van der Waals surface area contributed by atoms with Crippen LogP contribution in [0.1, 0.15) is 5.56 Å². The van der Waals surface area contributed by atoms with Crippen molar-refractivity contribution in [1.29, 1.82) is 0 Å². The molecule has 1 heterocycles. The minimum atomic E-state index is -0.469. The van der Waals surface area contributed by atoms with Crippen molar-refractivity contribution in [1.82, 2.24) is 5.43 Å². The molecule has 0 spiro atoms. The lowest BCUT2D eigenvalue weighted by Gasteiger charge is -2.15. The molecule has 4 nitrogen and oxygen atoms in total. The Morgan fingerprint density at radius 2 is 1.40 bits per heavy atom.